The van der Waals surface area contributed by atoms with Crippen molar-refractivity contribution in [1.82, 2.24) is 4.98 Å². The zero-order valence-electron chi connectivity index (χ0n) is 11.5. The van der Waals surface area contributed by atoms with E-state index in [9.17, 15) is 13.2 Å². The van der Waals surface area contributed by atoms with Gasteiger partial charge in [0.15, 0.2) is 0 Å². The molecule has 2 aromatic rings. The molecule has 0 amide bonds. The second-order valence-corrected chi connectivity index (χ2v) is 4.88. The normalized spacial score (nSPS) is 19.3. The Kier molecular flexibility index (Phi) is 4.02. The van der Waals surface area contributed by atoms with Gasteiger partial charge < -0.3 is 9.47 Å². The molecule has 1 radical (unpaired) electrons. The molecular formula is C16H13F3NO2. The molecule has 1 atom stereocenters. The molecule has 1 fully saturated rings. The van der Waals surface area contributed by atoms with E-state index in [0.717, 1.165) is 12.1 Å². The lowest BCUT2D eigenvalue weighted by atomic mass is 9.92. The summed E-state index contributed by atoms with van der Waals surface area (Å²) in [6, 6.07) is 11.4. The summed E-state index contributed by atoms with van der Waals surface area (Å²) in [7, 11) is 0. The molecule has 22 heavy (non-hydrogen) atoms. The molecule has 3 rings (SSSR count). The molecule has 0 N–H and O–H groups in total. The number of benzene rings is 1. The van der Waals surface area contributed by atoms with Crippen LogP contribution in [-0.2, 0) is 4.74 Å². The Labute approximate surface area is 125 Å². The number of alkyl halides is 3. The van der Waals surface area contributed by atoms with E-state index in [-0.39, 0.29) is 11.7 Å². The lowest BCUT2D eigenvalue weighted by Gasteiger charge is -2.18. The molecule has 6 heteroatoms. The fourth-order valence-electron chi connectivity index (χ4n) is 2.51. The van der Waals surface area contributed by atoms with Gasteiger partial charge >= 0.3 is 6.36 Å². The van der Waals surface area contributed by atoms with Crippen LogP contribution in [0.25, 0.3) is 0 Å². The molecule has 2 heterocycles. The van der Waals surface area contributed by atoms with E-state index in [1.54, 1.807) is 12.3 Å². The zero-order chi connectivity index (χ0) is 15.6. The van der Waals surface area contributed by atoms with Gasteiger partial charge in [-0.3, -0.25) is 4.98 Å². The average molecular weight is 308 g/mol. The smallest absolute Gasteiger partial charge is 0.406 e. The van der Waals surface area contributed by atoms with E-state index in [0.29, 0.717) is 18.3 Å². The van der Waals surface area contributed by atoms with Crippen molar-refractivity contribution in [3.8, 4) is 5.75 Å². The number of nitrogens with zero attached hydrogens (tertiary/aromatic N) is 1. The molecule has 0 spiro atoms. The third kappa shape index (κ3) is 3.39. The molecule has 1 unspecified atom stereocenters. The highest BCUT2D eigenvalue weighted by molar-refractivity contribution is 5.40. The summed E-state index contributed by atoms with van der Waals surface area (Å²) in [6.45, 7) is 0.515. The Morgan fingerprint density at radius 2 is 2.00 bits per heavy atom. The predicted octanol–water partition coefficient (Wildman–Crippen LogP) is 4.06. The number of rotatable bonds is 3. The first-order valence-corrected chi connectivity index (χ1v) is 6.80. The van der Waals surface area contributed by atoms with Gasteiger partial charge in [-0.15, -0.1) is 13.2 Å². The first-order valence-electron chi connectivity index (χ1n) is 6.80. The van der Waals surface area contributed by atoms with Crippen LogP contribution >= 0.6 is 0 Å². The summed E-state index contributed by atoms with van der Waals surface area (Å²) in [6.07, 6.45) is -1.64. The molecule has 0 aliphatic carbocycles. The number of halogens is 3. The largest absolute Gasteiger partial charge is 0.573 e. The second kappa shape index (κ2) is 5.96. The van der Waals surface area contributed by atoms with Crippen LogP contribution in [0.2, 0.25) is 0 Å². The summed E-state index contributed by atoms with van der Waals surface area (Å²) in [5.74, 6) is -0.310. The summed E-state index contributed by atoms with van der Waals surface area (Å²) in [5, 5.41) is 0. The van der Waals surface area contributed by atoms with E-state index in [2.05, 4.69) is 9.72 Å². The fraction of sp³-hybridized carbons (Fsp3) is 0.250. The van der Waals surface area contributed by atoms with Crippen molar-refractivity contribution < 1.29 is 22.6 Å². The third-order valence-corrected chi connectivity index (χ3v) is 3.38. The maximum Gasteiger partial charge on any atom is 0.573 e. The predicted molar refractivity (Wildman–Crippen MR) is 73.0 cm³/mol. The summed E-state index contributed by atoms with van der Waals surface area (Å²) in [4.78, 5) is 4.31. The van der Waals surface area contributed by atoms with Crippen LogP contribution in [0.4, 0.5) is 13.2 Å². The quantitative estimate of drug-likeness (QED) is 0.856. The standard InChI is InChI=1S/C16H13F3NO2/c17-16(18,19)22-12-5-3-4-11(10-12)15-13(7-9-21-15)14-6-1-2-8-20-14/h1-6,8,10,13H,7,9H2. The molecule has 1 aromatic carbocycles. The highest BCUT2D eigenvalue weighted by Crippen LogP contribution is 2.41. The van der Waals surface area contributed by atoms with E-state index >= 15 is 0 Å². The van der Waals surface area contributed by atoms with Gasteiger partial charge in [-0.25, -0.2) is 0 Å². The van der Waals surface area contributed by atoms with Crippen LogP contribution in [0.5, 0.6) is 5.75 Å². The Bertz CT molecular complexity index is 631. The second-order valence-electron chi connectivity index (χ2n) is 4.88. The minimum atomic E-state index is -4.71. The van der Waals surface area contributed by atoms with E-state index in [1.165, 1.54) is 18.2 Å². The molecule has 0 saturated carbocycles. The Balaban J connectivity index is 1.85. The van der Waals surface area contributed by atoms with Gasteiger partial charge in [-0.1, -0.05) is 18.2 Å². The average Bonchev–Trinajstić information content (AvgIpc) is 2.96. The van der Waals surface area contributed by atoms with Gasteiger partial charge in [-0.05, 0) is 36.2 Å². The van der Waals surface area contributed by atoms with Crippen LogP contribution in [0.15, 0.2) is 48.7 Å². The van der Waals surface area contributed by atoms with Crippen molar-refractivity contribution in [3.05, 3.63) is 66.0 Å². The number of hydrogen-bond donors (Lipinski definition) is 0. The molecule has 1 aliphatic rings. The van der Waals surface area contributed by atoms with E-state index < -0.39 is 6.36 Å². The lowest BCUT2D eigenvalue weighted by molar-refractivity contribution is -0.274. The highest BCUT2D eigenvalue weighted by Gasteiger charge is 2.35. The van der Waals surface area contributed by atoms with Crippen LogP contribution in [0, 0.1) is 6.10 Å². The Morgan fingerprint density at radius 1 is 1.14 bits per heavy atom. The topological polar surface area (TPSA) is 31.4 Å². The van der Waals surface area contributed by atoms with Crippen LogP contribution < -0.4 is 4.74 Å². The van der Waals surface area contributed by atoms with E-state index in [1.807, 2.05) is 18.2 Å². The van der Waals surface area contributed by atoms with Crippen molar-refractivity contribution in [3.63, 3.8) is 0 Å². The molecule has 115 valence electrons. The monoisotopic (exact) mass is 308 g/mol. The van der Waals surface area contributed by atoms with Crippen LogP contribution in [0.1, 0.15) is 23.6 Å². The van der Waals surface area contributed by atoms with Gasteiger partial charge in [0.1, 0.15) is 11.9 Å². The van der Waals surface area contributed by atoms with Crippen molar-refractivity contribution in [1.29, 1.82) is 0 Å². The molecule has 1 saturated heterocycles. The van der Waals surface area contributed by atoms with Crippen molar-refractivity contribution in [2.45, 2.75) is 18.7 Å². The minimum Gasteiger partial charge on any atom is -0.406 e. The number of pyridine rings is 1. The van der Waals surface area contributed by atoms with Gasteiger partial charge in [0, 0.05) is 24.4 Å². The maximum atomic E-state index is 12.3. The third-order valence-electron chi connectivity index (χ3n) is 3.38. The number of hydrogen-bond acceptors (Lipinski definition) is 3. The van der Waals surface area contributed by atoms with Crippen molar-refractivity contribution in [2.75, 3.05) is 6.61 Å². The zero-order valence-corrected chi connectivity index (χ0v) is 11.5. The first-order chi connectivity index (χ1) is 10.5. The van der Waals surface area contributed by atoms with Crippen molar-refractivity contribution >= 4 is 0 Å². The first kappa shape index (κ1) is 14.8. The fourth-order valence-corrected chi connectivity index (χ4v) is 2.51. The Hall–Kier alpha value is -2.08. The van der Waals surface area contributed by atoms with Crippen LogP contribution in [0.3, 0.4) is 0 Å². The van der Waals surface area contributed by atoms with Gasteiger partial charge in [0.2, 0.25) is 0 Å². The number of aromatic nitrogens is 1. The van der Waals surface area contributed by atoms with Gasteiger partial charge in [0.25, 0.3) is 0 Å². The maximum absolute atomic E-state index is 12.3. The molecule has 1 aromatic heterocycles. The highest BCUT2D eigenvalue weighted by atomic mass is 19.4. The lowest BCUT2D eigenvalue weighted by Crippen LogP contribution is -2.17. The molecule has 1 aliphatic heterocycles. The minimum absolute atomic E-state index is 0.0534. The van der Waals surface area contributed by atoms with Gasteiger partial charge in [-0.2, -0.15) is 0 Å². The summed E-state index contributed by atoms with van der Waals surface area (Å²) >= 11 is 0. The van der Waals surface area contributed by atoms with Crippen molar-refractivity contribution in [2.24, 2.45) is 0 Å². The van der Waals surface area contributed by atoms with Gasteiger partial charge in [0.05, 0.1) is 0 Å². The number of ether oxygens (including phenoxy) is 2. The molecule has 0 bridgehead atoms. The summed E-state index contributed by atoms with van der Waals surface area (Å²) < 4.78 is 46.6. The van der Waals surface area contributed by atoms with Crippen LogP contribution in [-0.4, -0.2) is 18.0 Å². The summed E-state index contributed by atoms with van der Waals surface area (Å²) in [5.41, 5.74) is 1.42. The molecular weight excluding hydrogens is 295 g/mol. The SMILES string of the molecule is FC(F)(F)Oc1cccc([C]2OCCC2c2ccccn2)c1. The Morgan fingerprint density at radius 3 is 2.73 bits per heavy atom. The molecule has 3 nitrogen and oxygen atoms in total. The van der Waals surface area contributed by atoms with E-state index in [4.69, 9.17) is 4.74 Å².